The predicted molar refractivity (Wildman–Crippen MR) is 87.0 cm³/mol. The van der Waals surface area contributed by atoms with Crippen molar-refractivity contribution in [3.8, 4) is 5.75 Å². The molecule has 0 N–H and O–H groups in total. The highest BCUT2D eigenvalue weighted by molar-refractivity contribution is 9.10. The van der Waals surface area contributed by atoms with Crippen molar-refractivity contribution in [1.29, 1.82) is 0 Å². The average Bonchev–Trinajstić information content (AvgIpc) is 2.70. The van der Waals surface area contributed by atoms with Gasteiger partial charge in [0, 0.05) is 12.8 Å². The number of hydrogen-bond donors (Lipinski definition) is 0. The quantitative estimate of drug-likeness (QED) is 0.679. The van der Waals surface area contributed by atoms with E-state index in [0.29, 0.717) is 43.3 Å². The molecule has 2 aliphatic rings. The summed E-state index contributed by atoms with van der Waals surface area (Å²) < 4.78 is 38.1. The van der Waals surface area contributed by atoms with Gasteiger partial charge in [-0.3, -0.25) is 4.21 Å². The van der Waals surface area contributed by atoms with E-state index in [1.165, 1.54) is 6.26 Å². The molecule has 1 unspecified atom stereocenters. The van der Waals surface area contributed by atoms with Crippen LogP contribution in [0.2, 0.25) is 0 Å². The fourth-order valence-electron chi connectivity index (χ4n) is 2.89. The van der Waals surface area contributed by atoms with Crippen LogP contribution < -0.4 is 9.64 Å². The third-order valence-electron chi connectivity index (χ3n) is 3.98. The van der Waals surface area contributed by atoms with Crippen molar-refractivity contribution < 1.29 is 18.1 Å². The zero-order valence-corrected chi connectivity index (χ0v) is 14.6. The molecule has 4 rings (SSSR count). The first-order valence-electron chi connectivity index (χ1n) is 7.06. The van der Waals surface area contributed by atoms with Crippen LogP contribution in [0.1, 0.15) is 0 Å². The fraction of sp³-hybridized carbons (Fsp3) is 0.429. The molecule has 0 amide bonds. The maximum Gasteiger partial charge on any atom is 0.220 e. The summed E-state index contributed by atoms with van der Waals surface area (Å²) in [6, 6.07) is 1.57. The Bertz CT molecular complexity index is 835. The lowest BCUT2D eigenvalue weighted by molar-refractivity contribution is 0.0782. The van der Waals surface area contributed by atoms with Crippen molar-refractivity contribution in [2.45, 2.75) is 11.2 Å². The Morgan fingerprint density at radius 3 is 3.04 bits per heavy atom. The number of ether oxygens (including phenoxy) is 2. The summed E-state index contributed by atoms with van der Waals surface area (Å²) in [7, 11) is -1.41. The molecule has 2 atom stereocenters. The summed E-state index contributed by atoms with van der Waals surface area (Å²) in [4.78, 5) is 10.6. The molecule has 6 nitrogen and oxygen atoms in total. The van der Waals surface area contributed by atoms with Gasteiger partial charge < -0.3 is 14.4 Å². The summed E-state index contributed by atoms with van der Waals surface area (Å²) in [5.74, 6) is 0.577. The molecule has 0 saturated carbocycles. The lowest BCUT2D eigenvalue weighted by atomic mass is 10.1. The van der Waals surface area contributed by atoms with Gasteiger partial charge in [-0.1, -0.05) is 0 Å². The molecule has 3 heterocycles. The topological polar surface area (TPSA) is 64.5 Å². The van der Waals surface area contributed by atoms with Gasteiger partial charge in [0.15, 0.2) is 5.82 Å². The Morgan fingerprint density at radius 2 is 2.26 bits per heavy atom. The molecule has 122 valence electrons. The number of nitrogens with zero attached hydrogens (tertiary/aromatic N) is 3. The van der Waals surface area contributed by atoms with Crippen molar-refractivity contribution in [2.75, 3.05) is 37.5 Å². The van der Waals surface area contributed by atoms with E-state index in [0.717, 1.165) is 0 Å². The zero-order valence-electron chi connectivity index (χ0n) is 12.2. The van der Waals surface area contributed by atoms with Crippen LogP contribution >= 0.6 is 15.9 Å². The second-order valence-corrected chi connectivity index (χ2v) is 7.54. The Hall–Kier alpha value is -1.32. The molecule has 0 aliphatic carbocycles. The van der Waals surface area contributed by atoms with Crippen molar-refractivity contribution in [3.63, 3.8) is 0 Å². The van der Waals surface area contributed by atoms with Crippen molar-refractivity contribution >= 4 is 43.5 Å². The molecule has 1 aromatic heterocycles. The molecule has 2 aliphatic heterocycles. The van der Waals surface area contributed by atoms with Gasteiger partial charge >= 0.3 is 0 Å². The van der Waals surface area contributed by atoms with Gasteiger partial charge in [0.2, 0.25) is 5.16 Å². The predicted octanol–water partition coefficient (Wildman–Crippen LogP) is 1.87. The number of hydrogen-bond acceptors (Lipinski definition) is 6. The number of morpholine rings is 1. The highest BCUT2D eigenvalue weighted by Crippen LogP contribution is 2.40. The Morgan fingerprint density at radius 1 is 1.43 bits per heavy atom. The minimum Gasteiger partial charge on any atom is -0.490 e. The maximum atomic E-state index is 14.6. The van der Waals surface area contributed by atoms with Crippen LogP contribution in [-0.2, 0) is 15.5 Å². The molecule has 0 bridgehead atoms. The SMILES string of the molecule is CS(=O)c1nc2c3c(cc(Br)c(F)c3n1)OC[C@@H]1COCCN21. The van der Waals surface area contributed by atoms with Gasteiger partial charge in [-0.25, -0.2) is 14.4 Å². The summed E-state index contributed by atoms with van der Waals surface area (Å²) in [5, 5.41) is 0.631. The number of anilines is 1. The average molecular weight is 402 g/mol. The molecule has 1 aromatic carbocycles. The Kier molecular flexibility index (Phi) is 3.73. The van der Waals surface area contributed by atoms with Gasteiger partial charge in [0.05, 0.1) is 39.9 Å². The molecule has 1 fully saturated rings. The van der Waals surface area contributed by atoms with E-state index in [1.807, 2.05) is 4.90 Å². The van der Waals surface area contributed by atoms with E-state index >= 15 is 0 Å². The number of benzene rings is 1. The minimum atomic E-state index is -1.41. The first kappa shape index (κ1) is 15.2. The van der Waals surface area contributed by atoms with E-state index in [9.17, 15) is 8.60 Å². The van der Waals surface area contributed by atoms with Crippen LogP contribution in [0.5, 0.6) is 5.75 Å². The van der Waals surface area contributed by atoms with Crippen LogP contribution in [0.15, 0.2) is 15.7 Å². The molecule has 0 radical (unpaired) electrons. The molecule has 23 heavy (non-hydrogen) atoms. The summed E-state index contributed by atoms with van der Waals surface area (Å²) in [5.41, 5.74) is 0.122. The monoisotopic (exact) mass is 401 g/mol. The second kappa shape index (κ2) is 5.64. The highest BCUT2D eigenvalue weighted by Gasteiger charge is 2.32. The zero-order chi connectivity index (χ0) is 16.1. The minimum absolute atomic E-state index is 0.0192. The molecule has 9 heteroatoms. The lowest BCUT2D eigenvalue weighted by Gasteiger charge is -2.34. The Labute approximate surface area is 142 Å². The fourth-order valence-corrected chi connectivity index (χ4v) is 3.72. The molecule has 1 saturated heterocycles. The third-order valence-corrected chi connectivity index (χ3v) is 5.25. The van der Waals surface area contributed by atoms with E-state index in [1.54, 1.807) is 6.07 Å². The standard InChI is InChI=1S/C14H13BrFN3O3S/c1-23(20)14-17-12-10-9(4-8(15)11(12)16)22-6-7-5-21-3-2-19(7)13(10)18-14/h4,7H,2-3,5-6H2,1H3/t7-,23?/m0/s1. The first-order chi connectivity index (χ1) is 11.1. The largest absolute Gasteiger partial charge is 0.490 e. The summed E-state index contributed by atoms with van der Waals surface area (Å²) in [6.45, 7) is 2.09. The van der Waals surface area contributed by atoms with E-state index < -0.39 is 16.6 Å². The molecule has 2 aromatic rings. The van der Waals surface area contributed by atoms with Gasteiger partial charge in [-0.2, -0.15) is 0 Å². The summed E-state index contributed by atoms with van der Waals surface area (Å²) >= 11 is 3.19. The van der Waals surface area contributed by atoms with Gasteiger partial charge in [-0.15, -0.1) is 0 Å². The Balaban J connectivity index is 2.07. The molecular formula is C14H13BrFN3O3S. The number of aromatic nitrogens is 2. The number of fused-ring (bicyclic) bond motifs is 2. The lowest BCUT2D eigenvalue weighted by Crippen LogP contribution is -2.48. The van der Waals surface area contributed by atoms with Crippen molar-refractivity contribution in [3.05, 3.63) is 16.4 Å². The van der Waals surface area contributed by atoms with Gasteiger partial charge in [0.25, 0.3) is 0 Å². The molecule has 0 spiro atoms. The van der Waals surface area contributed by atoms with Crippen LogP contribution in [0.3, 0.4) is 0 Å². The summed E-state index contributed by atoms with van der Waals surface area (Å²) in [6.07, 6.45) is 1.48. The van der Waals surface area contributed by atoms with Crippen LogP contribution in [0.25, 0.3) is 10.9 Å². The third kappa shape index (κ3) is 2.41. The number of halogens is 2. The van der Waals surface area contributed by atoms with Gasteiger partial charge in [-0.05, 0) is 22.0 Å². The van der Waals surface area contributed by atoms with Crippen LogP contribution in [0.4, 0.5) is 10.2 Å². The highest BCUT2D eigenvalue weighted by atomic mass is 79.9. The molecular weight excluding hydrogens is 389 g/mol. The van der Waals surface area contributed by atoms with E-state index in [4.69, 9.17) is 9.47 Å². The second-order valence-electron chi connectivity index (χ2n) is 5.41. The van der Waals surface area contributed by atoms with Crippen molar-refractivity contribution in [1.82, 2.24) is 9.97 Å². The van der Waals surface area contributed by atoms with E-state index in [2.05, 4.69) is 25.9 Å². The van der Waals surface area contributed by atoms with E-state index in [-0.39, 0.29) is 21.2 Å². The van der Waals surface area contributed by atoms with Crippen LogP contribution in [-0.4, -0.2) is 52.8 Å². The maximum absolute atomic E-state index is 14.6. The first-order valence-corrected chi connectivity index (χ1v) is 9.41. The number of rotatable bonds is 1. The van der Waals surface area contributed by atoms with Crippen molar-refractivity contribution in [2.24, 2.45) is 0 Å². The smallest absolute Gasteiger partial charge is 0.220 e. The van der Waals surface area contributed by atoms with Crippen LogP contribution in [0, 0.1) is 5.82 Å². The van der Waals surface area contributed by atoms with Gasteiger partial charge in [0.1, 0.15) is 23.7 Å². The normalized spacial score (nSPS) is 21.5.